The van der Waals surface area contributed by atoms with Crippen molar-refractivity contribution in [1.29, 1.82) is 0 Å². The molecule has 1 aromatic rings. The molecule has 2 saturated heterocycles. The molecule has 2 aliphatic rings. The molecule has 6 nitrogen and oxygen atoms in total. The molecular formula is C26H37ClF3N3O3. The average Bonchev–Trinajstić information content (AvgIpc) is 2.82. The molecule has 0 aromatic heterocycles. The standard InChI is InChI=1S/C26H37ClF3N3O3/c1-17(2)25(36,26(28,29)30)24(35)33-13-9-19(10-14-33)15-18-7-11-32(12-8-18)20-5-6-21(22(27)16-20)23(34)31(3)4/h5-6,16-19,36H,7-15H2,1-4H3. The number of aliphatic hydroxyl groups is 1. The van der Waals surface area contributed by atoms with Gasteiger partial charge < -0.3 is 19.8 Å². The van der Waals surface area contributed by atoms with Crippen LogP contribution < -0.4 is 4.90 Å². The quantitative estimate of drug-likeness (QED) is 0.571. The lowest BCUT2D eigenvalue weighted by Crippen LogP contribution is -2.62. The third-order valence-electron chi connectivity index (χ3n) is 7.73. The number of anilines is 1. The molecule has 0 spiro atoms. The van der Waals surface area contributed by atoms with Gasteiger partial charge in [0.15, 0.2) is 0 Å². The lowest BCUT2D eigenvalue weighted by Gasteiger charge is -2.41. The van der Waals surface area contributed by atoms with E-state index in [1.54, 1.807) is 20.2 Å². The summed E-state index contributed by atoms with van der Waals surface area (Å²) in [4.78, 5) is 29.8. The highest BCUT2D eigenvalue weighted by Gasteiger charge is 2.62. The molecule has 0 saturated carbocycles. The Bertz CT molecular complexity index is 940. The summed E-state index contributed by atoms with van der Waals surface area (Å²) < 4.78 is 40.5. The number of hydrogen-bond acceptors (Lipinski definition) is 4. The number of amides is 2. The summed E-state index contributed by atoms with van der Waals surface area (Å²) >= 11 is 6.37. The number of alkyl halides is 3. The maximum atomic E-state index is 13.5. The fourth-order valence-corrected chi connectivity index (χ4v) is 5.58. The van der Waals surface area contributed by atoms with Crippen LogP contribution in [-0.2, 0) is 4.79 Å². The molecule has 202 valence electrons. The van der Waals surface area contributed by atoms with E-state index in [1.165, 1.54) is 23.6 Å². The summed E-state index contributed by atoms with van der Waals surface area (Å²) in [6.07, 6.45) is -0.729. The second kappa shape index (κ2) is 11.2. The van der Waals surface area contributed by atoms with Gasteiger partial charge in [0.25, 0.3) is 11.8 Å². The van der Waals surface area contributed by atoms with E-state index in [4.69, 9.17) is 11.6 Å². The number of rotatable bonds is 6. The van der Waals surface area contributed by atoms with Crippen LogP contribution in [0, 0.1) is 17.8 Å². The lowest BCUT2D eigenvalue weighted by molar-refractivity contribution is -0.269. The van der Waals surface area contributed by atoms with Gasteiger partial charge in [-0.05, 0) is 62.1 Å². The number of carbonyl (C=O) groups excluding carboxylic acids is 2. The van der Waals surface area contributed by atoms with E-state index >= 15 is 0 Å². The van der Waals surface area contributed by atoms with Crippen molar-refractivity contribution >= 4 is 29.1 Å². The summed E-state index contributed by atoms with van der Waals surface area (Å²) in [5.41, 5.74) is -1.87. The van der Waals surface area contributed by atoms with Gasteiger partial charge in [-0.15, -0.1) is 0 Å². The van der Waals surface area contributed by atoms with Gasteiger partial charge in [0.2, 0.25) is 5.60 Å². The van der Waals surface area contributed by atoms with Crippen LogP contribution in [0.4, 0.5) is 18.9 Å². The third kappa shape index (κ3) is 5.93. The monoisotopic (exact) mass is 531 g/mol. The minimum atomic E-state index is -5.00. The number of carbonyl (C=O) groups is 2. The van der Waals surface area contributed by atoms with Gasteiger partial charge in [-0.2, -0.15) is 13.2 Å². The summed E-state index contributed by atoms with van der Waals surface area (Å²) in [6.45, 7) is 4.65. The summed E-state index contributed by atoms with van der Waals surface area (Å²) in [5.74, 6) is -1.75. The second-order valence-electron chi connectivity index (χ2n) is 10.7. The van der Waals surface area contributed by atoms with E-state index in [9.17, 15) is 27.9 Å². The molecule has 0 bridgehead atoms. The number of nitrogens with zero attached hydrogens (tertiary/aromatic N) is 3. The molecule has 0 aliphatic carbocycles. The van der Waals surface area contributed by atoms with E-state index in [1.807, 2.05) is 12.1 Å². The van der Waals surface area contributed by atoms with Crippen molar-refractivity contribution in [2.24, 2.45) is 17.8 Å². The predicted molar refractivity (Wildman–Crippen MR) is 134 cm³/mol. The van der Waals surface area contributed by atoms with Crippen LogP contribution in [-0.4, -0.2) is 78.8 Å². The minimum Gasteiger partial charge on any atom is -0.372 e. The van der Waals surface area contributed by atoms with E-state index in [0.29, 0.717) is 35.3 Å². The molecule has 2 aliphatic heterocycles. The Morgan fingerprint density at radius 3 is 2.03 bits per heavy atom. The first-order valence-electron chi connectivity index (χ1n) is 12.6. The Morgan fingerprint density at radius 1 is 1.06 bits per heavy atom. The summed E-state index contributed by atoms with van der Waals surface area (Å²) in [7, 11) is 3.38. The Morgan fingerprint density at radius 2 is 1.58 bits per heavy atom. The molecule has 2 heterocycles. The van der Waals surface area contributed by atoms with Gasteiger partial charge in [-0.3, -0.25) is 9.59 Å². The number of likely N-dealkylation sites (tertiary alicyclic amines) is 1. The number of piperidine rings is 2. The molecule has 3 rings (SSSR count). The van der Waals surface area contributed by atoms with Crippen molar-refractivity contribution in [2.45, 2.75) is 57.7 Å². The first kappa shape index (κ1) is 28.6. The van der Waals surface area contributed by atoms with Gasteiger partial charge in [-0.1, -0.05) is 25.4 Å². The SMILES string of the molecule is CC(C)C(O)(C(=O)N1CCC(CC2CCN(c3ccc(C(=O)N(C)C)c(Cl)c3)CC2)CC1)C(F)(F)F. The normalized spacial score (nSPS) is 19.9. The van der Waals surface area contributed by atoms with Gasteiger partial charge in [0.05, 0.1) is 10.6 Å². The highest BCUT2D eigenvalue weighted by Crippen LogP contribution is 2.39. The van der Waals surface area contributed by atoms with Crippen LogP contribution in [0.15, 0.2) is 18.2 Å². The molecule has 1 atom stereocenters. The molecule has 36 heavy (non-hydrogen) atoms. The molecule has 10 heteroatoms. The topological polar surface area (TPSA) is 64.1 Å². The van der Waals surface area contributed by atoms with Crippen molar-refractivity contribution < 1.29 is 27.9 Å². The first-order chi connectivity index (χ1) is 16.8. The Labute approximate surface area is 216 Å². The van der Waals surface area contributed by atoms with Crippen LogP contribution in [0.2, 0.25) is 5.02 Å². The molecule has 1 aromatic carbocycles. The summed E-state index contributed by atoms with van der Waals surface area (Å²) in [5, 5.41) is 10.7. The predicted octanol–water partition coefficient (Wildman–Crippen LogP) is 4.84. The fraction of sp³-hybridized carbons (Fsp3) is 0.692. The molecule has 1 N–H and O–H groups in total. The smallest absolute Gasteiger partial charge is 0.372 e. The van der Waals surface area contributed by atoms with E-state index in [0.717, 1.165) is 38.0 Å². The molecule has 1 unspecified atom stereocenters. The van der Waals surface area contributed by atoms with Crippen molar-refractivity contribution in [1.82, 2.24) is 9.80 Å². The number of benzene rings is 1. The molecular weight excluding hydrogens is 495 g/mol. The highest BCUT2D eigenvalue weighted by atomic mass is 35.5. The first-order valence-corrected chi connectivity index (χ1v) is 13.0. The highest BCUT2D eigenvalue weighted by molar-refractivity contribution is 6.34. The van der Waals surface area contributed by atoms with Crippen molar-refractivity contribution in [2.75, 3.05) is 45.2 Å². The zero-order valence-corrected chi connectivity index (χ0v) is 22.2. The maximum absolute atomic E-state index is 13.5. The van der Waals surface area contributed by atoms with E-state index in [-0.39, 0.29) is 19.0 Å². The van der Waals surface area contributed by atoms with E-state index in [2.05, 4.69) is 4.90 Å². The van der Waals surface area contributed by atoms with Crippen LogP contribution >= 0.6 is 11.6 Å². The number of hydrogen-bond donors (Lipinski definition) is 1. The summed E-state index contributed by atoms with van der Waals surface area (Å²) in [6, 6.07) is 5.53. The Kier molecular flexibility index (Phi) is 8.87. The number of halogens is 4. The molecule has 2 fully saturated rings. The maximum Gasteiger partial charge on any atom is 0.426 e. The van der Waals surface area contributed by atoms with E-state index < -0.39 is 23.6 Å². The van der Waals surface area contributed by atoms with Crippen LogP contribution in [0.3, 0.4) is 0 Å². The van der Waals surface area contributed by atoms with Gasteiger partial charge in [0, 0.05) is 51.9 Å². The minimum absolute atomic E-state index is 0.134. The second-order valence-corrected chi connectivity index (χ2v) is 11.1. The Balaban J connectivity index is 1.49. The van der Waals surface area contributed by atoms with Crippen LogP contribution in [0.1, 0.15) is 56.3 Å². The lowest BCUT2D eigenvalue weighted by atomic mass is 9.81. The van der Waals surface area contributed by atoms with Gasteiger partial charge >= 0.3 is 6.18 Å². The Hall–Kier alpha value is -2.00. The fourth-order valence-electron chi connectivity index (χ4n) is 5.32. The zero-order chi connectivity index (χ0) is 26.8. The zero-order valence-electron chi connectivity index (χ0n) is 21.4. The van der Waals surface area contributed by atoms with Crippen LogP contribution in [0.25, 0.3) is 0 Å². The molecule has 2 amide bonds. The third-order valence-corrected chi connectivity index (χ3v) is 8.04. The molecule has 0 radical (unpaired) electrons. The van der Waals surface area contributed by atoms with Crippen molar-refractivity contribution in [3.05, 3.63) is 28.8 Å². The largest absolute Gasteiger partial charge is 0.426 e. The van der Waals surface area contributed by atoms with Gasteiger partial charge in [0.1, 0.15) is 0 Å². The average molecular weight is 532 g/mol. The van der Waals surface area contributed by atoms with Crippen molar-refractivity contribution in [3.8, 4) is 0 Å². The van der Waals surface area contributed by atoms with Gasteiger partial charge in [-0.25, -0.2) is 0 Å². The van der Waals surface area contributed by atoms with Crippen molar-refractivity contribution in [3.63, 3.8) is 0 Å². The van der Waals surface area contributed by atoms with Crippen LogP contribution in [0.5, 0.6) is 0 Å².